The minimum absolute atomic E-state index is 0.454. The van der Waals surface area contributed by atoms with E-state index in [1.54, 1.807) is 0 Å². The third-order valence-corrected chi connectivity index (χ3v) is 5.79. The summed E-state index contributed by atoms with van der Waals surface area (Å²) in [5.74, 6) is 0.890. The van der Waals surface area contributed by atoms with Crippen LogP contribution < -0.4 is 5.32 Å². The summed E-state index contributed by atoms with van der Waals surface area (Å²) in [6.45, 7) is 18.3. The highest BCUT2D eigenvalue weighted by atomic mass is 15.1. The van der Waals surface area contributed by atoms with Gasteiger partial charge in [0, 0.05) is 18.6 Å². The Morgan fingerprint density at radius 3 is 2.10 bits per heavy atom. The van der Waals surface area contributed by atoms with E-state index in [-0.39, 0.29) is 0 Å². The molecule has 3 unspecified atom stereocenters. The number of nitrogens with one attached hydrogen (secondary N) is 1. The standard InChI is InChI=1S/C19H38N2/c1-7-21-11-10-15(14-21)19(5,6)13-17-9-8-16(20-17)12-18(2,3)4/h15-17,20H,7-14H2,1-6H3. The van der Waals surface area contributed by atoms with Crippen molar-refractivity contribution in [1.29, 1.82) is 0 Å². The molecule has 2 aliphatic heterocycles. The first kappa shape index (κ1) is 17.3. The first-order valence-electron chi connectivity index (χ1n) is 9.18. The van der Waals surface area contributed by atoms with Crippen LogP contribution in [-0.2, 0) is 0 Å². The van der Waals surface area contributed by atoms with Crippen LogP contribution in [0.25, 0.3) is 0 Å². The molecule has 2 saturated heterocycles. The summed E-state index contributed by atoms with van der Waals surface area (Å²) < 4.78 is 0. The van der Waals surface area contributed by atoms with Crippen LogP contribution in [0.4, 0.5) is 0 Å². The van der Waals surface area contributed by atoms with Gasteiger partial charge in [-0.2, -0.15) is 0 Å². The average Bonchev–Trinajstić information content (AvgIpc) is 2.95. The van der Waals surface area contributed by atoms with E-state index in [4.69, 9.17) is 0 Å². The Hall–Kier alpha value is -0.0800. The molecule has 3 atom stereocenters. The quantitative estimate of drug-likeness (QED) is 0.813. The molecule has 0 spiro atoms. The molecule has 0 amide bonds. The maximum atomic E-state index is 3.94. The Bertz CT molecular complexity index is 329. The van der Waals surface area contributed by atoms with Gasteiger partial charge < -0.3 is 10.2 Å². The van der Waals surface area contributed by atoms with Gasteiger partial charge in [-0.1, -0.05) is 41.5 Å². The van der Waals surface area contributed by atoms with Crippen LogP contribution in [0.15, 0.2) is 0 Å². The molecule has 0 aromatic carbocycles. The lowest BCUT2D eigenvalue weighted by Crippen LogP contribution is -2.38. The van der Waals surface area contributed by atoms with Crippen molar-refractivity contribution in [1.82, 2.24) is 10.2 Å². The lowest BCUT2D eigenvalue weighted by Gasteiger charge is -2.35. The molecule has 2 nitrogen and oxygen atoms in total. The predicted molar refractivity (Wildman–Crippen MR) is 92.6 cm³/mol. The Labute approximate surface area is 133 Å². The topological polar surface area (TPSA) is 15.3 Å². The second-order valence-corrected chi connectivity index (χ2v) is 9.47. The third-order valence-electron chi connectivity index (χ3n) is 5.79. The van der Waals surface area contributed by atoms with E-state index < -0.39 is 0 Å². The Balaban J connectivity index is 1.82. The molecule has 0 aliphatic carbocycles. The van der Waals surface area contributed by atoms with Gasteiger partial charge in [0.1, 0.15) is 0 Å². The van der Waals surface area contributed by atoms with Gasteiger partial charge in [0.25, 0.3) is 0 Å². The molecule has 1 N–H and O–H groups in total. The van der Waals surface area contributed by atoms with Crippen LogP contribution in [0.2, 0.25) is 0 Å². The fraction of sp³-hybridized carbons (Fsp3) is 1.00. The highest BCUT2D eigenvalue weighted by molar-refractivity contribution is 4.93. The molecule has 0 bridgehead atoms. The molecule has 0 radical (unpaired) electrons. The van der Waals surface area contributed by atoms with E-state index >= 15 is 0 Å². The summed E-state index contributed by atoms with van der Waals surface area (Å²) in [6, 6.07) is 1.50. The van der Waals surface area contributed by atoms with Gasteiger partial charge in [-0.3, -0.25) is 0 Å². The zero-order valence-corrected chi connectivity index (χ0v) is 15.3. The fourth-order valence-electron chi connectivity index (χ4n) is 4.52. The van der Waals surface area contributed by atoms with Gasteiger partial charge in [0.05, 0.1) is 0 Å². The minimum Gasteiger partial charge on any atom is -0.311 e. The molecule has 2 heteroatoms. The zero-order chi connectivity index (χ0) is 15.7. The lowest BCUT2D eigenvalue weighted by atomic mass is 9.73. The van der Waals surface area contributed by atoms with Crippen LogP contribution in [0, 0.1) is 16.7 Å². The van der Waals surface area contributed by atoms with Crippen molar-refractivity contribution in [3.63, 3.8) is 0 Å². The predicted octanol–water partition coefficient (Wildman–Crippen LogP) is 4.30. The molecule has 21 heavy (non-hydrogen) atoms. The molecule has 2 aliphatic rings. The Morgan fingerprint density at radius 1 is 0.952 bits per heavy atom. The van der Waals surface area contributed by atoms with E-state index in [0.717, 1.165) is 18.0 Å². The van der Waals surface area contributed by atoms with Crippen molar-refractivity contribution in [2.45, 2.75) is 85.7 Å². The van der Waals surface area contributed by atoms with Gasteiger partial charge in [-0.15, -0.1) is 0 Å². The van der Waals surface area contributed by atoms with Gasteiger partial charge in [0.2, 0.25) is 0 Å². The summed E-state index contributed by atoms with van der Waals surface area (Å²) in [5, 5.41) is 3.94. The molecule has 0 saturated carbocycles. The van der Waals surface area contributed by atoms with Crippen LogP contribution in [0.5, 0.6) is 0 Å². The average molecular weight is 295 g/mol. The van der Waals surface area contributed by atoms with Gasteiger partial charge >= 0.3 is 0 Å². The van der Waals surface area contributed by atoms with Crippen molar-refractivity contribution in [2.75, 3.05) is 19.6 Å². The van der Waals surface area contributed by atoms with Gasteiger partial charge in [0.15, 0.2) is 0 Å². The Morgan fingerprint density at radius 2 is 1.57 bits per heavy atom. The first-order valence-corrected chi connectivity index (χ1v) is 9.18. The number of hydrogen-bond acceptors (Lipinski definition) is 2. The zero-order valence-electron chi connectivity index (χ0n) is 15.3. The van der Waals surface area contributed by atoms with E-state index in [1.807, 2.05) is 0 Å². The van der Waals surface area contributed by atoms with Gasteiger partial charge in [-0.25, -0.2) is 0 Å². The maximum absolute atomic E-state index is 3.94. The summed E-state index contributed by atoms with van der Waals surface area (Å²) in [6.07, 6.45) is 6.84. The van der Waals surface area contributed by atoms with E-state index in [9.17, 15) is 0 Å². The van der Waals surface area contributed by atoms with E-state index in [0.29, 0.717) is 10.8 Å². The summed E-state index contributed by atoms with van der Waals surface area (Å²) in [5.41, 5.74) is 0.938. The number of nitrogens with zero attached hydrogens (tertiary/aromatic N) is 1. The van der Waals surface area contributed by atoms with Crippen molar-refractivity contribution < 1.29 is 0 Å². The van der Waals surface area contributed by atoms with Crippen molar-refractivity contribution in [3.8, 4) is 0 Å². The normalized spacial score (nSPS) is 32.0. The summed E-state index contributed by atoms with van der Waals surface area (Å²) in [7, 11) is 0. The highest BCUT2D eigenvalue weighted by Crippen LogP contribution is 2.40. The summed E-state index contributed by atoms with van der Waals surface area (Å²) in [4.78, 5) is 2.62. The summed E-state index contributed by atoms with van der Waals surface area (Å²) >= 11 is 0. The minimum atomic E-state index is 0.454. The monoisotopic (exact) mass is 294 g/mol. The molecular formula is C19H38N2. The molecule has 0 aromatic heterocycles. The highest BCUT2D eigenvalue weighted by Gasteiger charge is 2.38. The molecule has 2 fully saturated rings. The van der Waals surface area contributed by atoms with Gasteiger partial charge in [-0.05, 0) is 61.9 Å². The smallest absolute Gasteiger partial charge is 0.00754 e. The van der Waals surface area contributed by atoms with Crippen LogP contribution >= 0.6 is 0 Å². The Kier molecular flexibility index (Phi) is 5.41. The largest absolute Gasteiger partial charge is 0.311 e. The van der Waals surface area contributed by atoms with Crippen LogP contribution in [-0.4, -0.2) is 36.6 Å². The number of hydrogen-bond donors (Lipinski definition) is 1. The van der Waals surface area contributed by atoms with E-state index in [2.05, 4.69) is 51.8 Å². The van der Waals surface area contributed by atoms with Crippen molar-refractivity contribution in [2.24, 2.45) is 16.7 Å². The second-order valence-electron chi connectivity index (χ2n) is 9.47. The molecule has 0 aromatic rings. The lowest BCUT2D eigenvalue weighted by molar-refractivity contribution is 0.172. The number of rotatable bonds is 5. The molecule has 124 valence electrons. The van der Waals surface area contributed by atoms with Crippen LogP contribution in [0.3, 0.4) is 0 Å². The SMILES string of the molecule is CCN1CCC(C(C)(C)CC2CCC(CC(C)(C)C)N2)C1. The third kappa shape index (κ3) is 4.96. The first-order chi connectivity index (χ1) is 9.69. The molecule has 2 rings (SSSR count). The number of likely N-dealkylation sites (tertiary alicyclic amines) is 1. The van der Waals surface area contributed by atoms with Crippen molar-refractivity contribution in [3.05, 3.63) is 0 Å². The molecule has 2 heterocycles. The maximum Gasteiger partial charge on any atom is 0.00754 e. The van der Waals surface area contributed by atoms with Crippen LogP contribution in [0.1, 0.15) is 73.6 Å². The van der Waals surface area contributed by atoms with Crippen molar-refractivity contribution >= 4 is 0 Å². The molecular weight excluding hydrogens is 256 g/mol. The second kappa shape index (κ2) is 6.58. The van der Waals surface area contributed by atoms with E-state index in [1.165, 1.54) is 51.7 Å². The fourth-order valence-corrected chi connectivity index (χ4v) is 4.52.